The molecule has 0 heterocycles. The van der Waals surface area contributed by atoms with Crippen LogP contribution in [0.15, 0.2) is 51.8 Å². The summed E-state index contributed by atoms with van der Waals surface area (Å²) in [5.74, 6) is -2.92. The Balaban J connectivity index is 2.52. The first-order valence-electron chi connectivity index (χ1n) is 7.14. The Kier molecular flexibility index (Phi) is 6.28. The molecular weight excluding hydrogens is 417 g/mol. The van der Waals surface area contributed by atoms with Crippen LogP contribution in [0, 0.1) is 5.82 Å². The predicted octanol–water partition coefficient (Wildman–Crippen LogP) is 2.47. The number of aliphatic hydroxyl groups is 1. The number of benzene rings is 2. The van der Waals surface area contributed by atoms with E-state index in [4.69, 9.17) is 5.11 Å². The van der Waals surface area contributed by atoms with E-state index in [0.717, 1.165) is 16.4 Å². The lowest BCUT2D eigenvalue weighted by molar-refractivity contribution is 0.0691. The number of aliphatic hydroxyl groups excluding tert-OH is 1. The van der Waals surface area contributed by atoms with Crippen LogP contribution < -0.4 is 0 Å². The molecule has 0 amide bonds. The molecule has 0 aromatic heterocycles. The van der Waals surface area contributed by atoms with Gasteiger partial charge in [-0.25, -0.2) is 17.6 Å². The molecule has 6 nitrogen and oxygen atoms in total. The van der Waals surface area contributed by atoms with Crippen molar-refractivity contribution in [1.82, 2.24) is 4.31 Å². The summed E-state index contributed by atoms with van der Waals surface area (Å²) < 4.78 is 41.2. The molecule has 134 valence electrons. The van der Waals surface area contributed by atoms with Crippen LogP contribution in [0.2, 0.25) is 0 Å². The van der Waals surface area contributed by atoms with Gasteiger partial charge >= 0.3 is 5.97 Å². The Bertz CT molecular complexity index is 874. The summed E-state index contributed by atoms with van der Waals surface area (Å²) >= 11 is 3.00. The van der Waals surface area contributed by atoms with E-state index in [-0.39, 0.29) is 17.6 Å². The number of aromatic carboxylic acids is 1. The highest BCUT2D eigenvalue weighted by Gasteiger charge is 2.30. The van der Waals surface area contributed by atoms with Crippen LogP contribution in [0.1, 0.15) is 15.9 Å². The average molecular weight is 432 g/mol. The van der Waals surface area contributed by atoms with Crippen molar-refractivity contribution in [2.24, 2.45) is 0 Å². The molecule has 0 spiro atoms. The number of carboxylic acid groups (broad SMARTS) is 1. The molecule has 9 heteroatoms. The van der Waals surface area contributed by atoms with E-state index >= 15 is 0 Å². The smallest absolute Gasteiger partial charge is 0.338 e. The highest BCUT2D eigenvalue weighted by atomic mass is 79.9. The lowest BCUT2D eigenvalue weighted by Gasteiger charge is -2.22. The molecule has 0 radical (unpaired) electrons. The molecule has 0 atom stereocenters. The topological polar surface area (TPSA) is 94.9 Å². The van der Waals surface area contributed by atoms with Gasteiger partial charge in [-0.15, -0.1) is 0 Å². The number of carboxylic acids is 1. The summed E-state index contributed by atoms with van der Waals surface area (Å²) in [5.41, 5.74) is -0.106. The van der Waals surface area contributed by atoms with Gasteiger partial charge < -0.3 is 10.2 Å². The third-order valence-corrected chi connectivity index (χ3v) is 5.71. The Morgan fingerprint density at radius 3 is 2.40 bits per heavy atom. The van der Waals surface area contributed by atoms with E-state index in [1.165, 1.54) is 0 Å². The van der Waals surface area contributed by atoms with Crippen LogP contribution in [0.4, 0.5) is 4.39 Å². The van der Waals surface area contributed by atoms with Gasteiger partial charge in [-0.2, -0.15) is 4.31 Å². The summed E-state index contributed by atoms with van der Waals surface area (Å²) in [6.45, 7) is -0.808. The summed E-state index contributed by atoms with van der Waals surface area (Å²) in [7, 11) is -4.37. The third kappa shape index (κ3) is 4.43. The molecule has 2 aromatic rings. The zero-order valence-corrected chi connectivity index (χ0v) is 15.3. The average Bonchev–Trinajstić information content (AvgIpc) is 2.56. The molecule has 0 aliphatic carbocycles. The first-order chi connectivity index (χ1) is 11.8. The van der Waals surface area contributed by atoms with Crippen LogP contribution in [0.25, 0.3) is 0 Å². The quantitative estimate of drug-likeness (QED) is 0.701. The number of halogens is 2. The Morgan fingerprint density at radius 1 is 1.20 bits per heavy atom. The van der Waals surface area contributed by atoms with Crippen LogP contribution in [-0.4, -0.2) is 42.1 Å². The lowest BCUT2D eigenvalue weighted by Crippen LogP contribution is -2.34. The first-order valence-corrected chi connectivity index (χ1v) is 9.38. The van der Waals surface area contributed by atoms with Crippen LogP contribution in [0.5, 0.6) is 0 Å². The van der Waals surface area contributed by atoms with E-state index in [9.17, 15) is 22.7 Å². The van der Waals surface area contributed by atoms with Gasteiger partial charge in [0.25, 0.3) is 0 Å². The second-order valence-corrected chi connectivity index (χ2v) is 7.94. The van der Waals surface area contributed by atoms with E-state index < -0.39 is 38.9 Å². The molecule has 2 N–H and O–H groups in total. The highest BCUT2D eigenvalue weighted by molar-refractivity contribution is 9.10. The highest BCUT2D eigenvalue weighted by Crippen LogP contribution is 2.27. The fraction of sp³-hybridized carbons (Fsp3) is 0.188. The van der Waals surface area contributed by atoms with Gasteiger partial charge in [-0.1, -0.05) is 46.3 Å². The second kappa shape index (κ2) is 8.05. The van der Waals surface area contributed by atoms with E-state index in [1.807, 2.05) is 0 Å². The Morgan fingerprint density at radius 2 is 1.84 bits per heavy atom. The van der Waals surface area contributed by atoms with E-state index in [1.54, 1.807) is 30.3 Å². The summed E-state index contributed by atoms with van der Waals surface area (Å²) in [4.78, 5) is 10.4. The van der Waals surface area contributed by atoms with E-state index in [2.05, 4.69) is 15.9 Å². The monoisotopic (exact) mass is 431 g/mol. The fourth-order valence-corrected chi connectivity index (χ4v) is 4.37. The molecule has 2 rings (SSSR count). The van der Waals surface area contributed by atoms with Gasteiger partial charge in [0.05, 0.1) is 12.2 Å². The van der Waals surface area contributed by atoms with Gasteiger partial charge in [0.2, 0.25) is 10.0 Å². The van der Waals surface area contributed by atoms with E-state index in [0.29, 0.717) is 5.56 Å². The van der Waals surface area contributed by atoms with Crippen molar-refractivity contribution in [3.63, 3.8) is 0 Å². The normalized spacial score (nSPS) is 11.7. The fourth-order valence-electron chi connectivity index (χ4n) is 2.23. The number of nitrogens with zero attached hydrogens (tertiary/aromatic N) is 1. The minimum atomic E-state index is -4.37. The molecule has 0 aliphatic heterocycles. The molecular formula is C16H15BrFNO5S. The van der Waals surface area contributed by atoms with Crippen molar-refractivity contribution in [3.05, 3.63) is 63.9 Å². The summed E-state index contributed by atoms with van der Waals surface area (Å²) in [6, 6.07) is 10.6. The number of hydrogen-bond acceptors (Lipinski definition) is 4. The molecule has 0 fully saturated rings. The van der Waals surface area contributed by atoms with Gasteiger partial charge in [0.15, 0.2) is 5.82 Å². The zero-order chi connectivity index (χ0) is 18.6. The number of hydrogen-bond donors (Lipinski definition) is 2. The van der Waals surface area contributed by atoms with Crippen molar-refractivity contribution in [2.45, 2.75) is 11.4 Å². The standard InChI is InChI=1S/C16H15BrFNO5S/c17-12-8-13(16(21)22)15(18)14(9-12)25(23,24)19(6-7-20)10-11-4-2-1-3-5-11/h1-5,8-9,20H,6-7,10H2,(H,21,22). The Labute approximate surface area is 152 Å². The largest absolute Gasteiger partial charge is 0.478 e. The maximum Gasteiger partial charge on any atom is 0.338 e. The number of rotatable bonds is 7. The van der Waals surface area contributed by atoms with Crippen molar-refractivity contribution in [1.29, 1.82) is 0 Å². The minimum Gasteiger partial charge on any atom is -0.478 e. The van der Waals surface area contributed by atoms with Crippen molar-refractivity contribution in [2.75, 3.05) is 13.2 Å². The maximum atomic E-state index is 14.5. The van der Waals surface area contributed by atoms with Crippen LogP contribution >= 0.6 is 15.9 Å². The summed E-state index contributed by atoms with van der Waals surface area (Å²) in [6.07, 6.45) is 0. The summed E-state index contributed by atoms with van der Waals surface area (Å²) in [5, 5.41) is 18.2. The van der Waals surface area contributed by atoms with Crippen LogP contribution in [-0.2, 0) is 16.6 Å². The molecule has 0 aliphatic rings. The molecule has 25 heavy (non-hydrogen) atoms. The van der Waals surface area contributed by atoms with Crippen molar-refractivity contribution in [3.8, 4) is 0 Å². The molecule has 0 saturated carbocycles. The van der Waals surface area contributed by atoms with Gasteiger partial charge in [-0.3, -0.25) is 0 Å². The lowest BCUT2D eigenvalue weighted by atomic mass is 10.2. The second-order valence-electron chi connectivity index (χ2n) is 5.12. The number of carbonyl (C=O) groups is 1. The molecule has 0 saturated heterocycles. The SMILES string of the molecule is O=C(O)c1cc(Br)cc(S(=O)(=O)N(CCO)Cc2ccccc2)c1F. The molecule has 0 bridgehead atoms. The zero-order valence-electron chi connectivity index (χ0n) is 12.9. The predicted molar refractivity (Wildman–Crippen MR) is 92.2 cm³/mol. The third-order valence-electron chi connectivity index (χ3n) is 3.40. The molecule has 2 aromatic carbocycles. The maximum absolute atomic E-state index is 14.5. The Hall–Kier alpha value is -1.81. The molecule has 0 unspecified atom stereocenters. The van der Waals surface area contributed by atoms with Gasteiger partial charge in [-0.05, 0) is 17.7 Å². The van der Waals surface area contributed by atoms with Gasteiger partial charge in [0, 0.05) is 17.6 Å². The minimum absolute atomic E-state index is 0.0852. The first kappa shape index (κ1) is 19.5. The van der Waals surface area contributed by atoms with Crippen molar-refractivity contribution < 1.29 is 27.8 Å². The van der Waals surface area contributed by atoms with Gasteiger partial charge in [0.1, 0.15) is 4.90 Å². The van der Waals surface area contributed by atoms with Crippen LogP contribution in [0.3, 0.4) is 0 Å². The number of sulfonamides is 1. The van der Waals surface area contributed by atoms with Crippen molar-refractivity contribution >= 4 is 31.9 Å².